The van der Waals surface area contributed by atoms with Crippen LogP contribution in [-0.4, -0.2) is 19.4 Å². The molecule has 1 aromatic rings. The number of halogens is 1. The van der Waals surface area contributed by atoms with Gasteiger partial charge in [-0.2, -0.15) is 0 Å². The van der Waals surface area contributed by atoms with Crippen LogP contribution in [-0.2, 0) is 6.54 Å². The number of hydroxylamine groups is 1. The fraction of sp³-hybridized carbons (Fsp3) is 0.400. The molecule has 1 rings (SSSR count). The van der Waals surface area contributed by atoms with Crippen LogP contribution < -0.4 is 15.0 Å². The average Bonchev–Trinajstić information content (AvgIpc) is 2.19. The molecule has 0 aromatic heterocycles. The van der Waals surface area contributed by atoms with Gasteiger partial charge in [-0.15, -0.1) is 0 Å². The van der Waals surface area contributed by atoms with Crippen molar-refractivity contribution in [3.05, 3.63) is 22.2 Å². The number of methoxy groups -OCH3 is 2. The molecule has 0 radical (unpaired) electrons. The summed E-state index contributed by atoms with van der Waals surface area (Å²) < 4.78 is 10.3. The fourth-order valence-electron chi connectivity index (χ4n) is 1.50. The van der Waals surface area contributed by atoms with E-state index in [1.807, 2.05) is 13.0 Å². The maximum absolute atomic E-state index is 8.67. The molecule has 15 heavy (non-hydrogen) atoms. The molecule has 4 nitrogen and oxygen atoms in total. The predicted octanol–water partition coefficient (Wildman–Crippen LogP) is 2.14. The highest BCUT2D eigenvalue weighted by molar-refractivity contribution is 6.33. The van der Waals surface area contributed by atoms with E-state index < -0.39 is 0 Å². The molecule has 0 atom stereocenters. The van der Waals surface area contributed by atoms with Gasteiger partial charge >= 0.3 is 0 Å². The third kappa shape index (κ3) is 2.34. The number of nitrogens with one attached hydrogen (secondary N) is 1. The number of hydrogen-bond donors (Lipinski definition) is 2. The van der Waals surface area contributed by atoms with Crippen LogP contribution in [0, 0.1) is 6.92 Å². The first-order valence-electron chi connectivity index (χ1n) is 4.42. The summed E-state index contributed by atoms with van der Waals surface area (Å²) in [5.41, 5.74) is 3.75. The summed E-state index contributed by atoms with van der Waals surface area (Å²) in [6.45, 7) is 2.15. The largest absolute Gasteiger partial charge is 0.495 e. The van der Waals surface area contributed by atoms with Crippen molar-refractivity contribution in [2.24, 2.45) is 0 Å². The number of benzene rings is 1. The highest BCUT2D eigenvalue weighted by Crippen LogP contribution is 2.39. The number of ether oxygens (including phenoxy) is 2. The van der Waals surface area contributed by atoms with E-state index in [0.717, 1.165) is 11.1 Å². The standard InChI is InChI=1S/C10H14ClNO3/c1-6-4-7(5-12-13)10(15-3)8(11)9(6)14-2/h4,12-13H,5H2,1-3H3. The topological polar surface area (TPSA) is 50.7 Å². The molecular formula is C10H14ClNO3. The minimum atomic E-state index is 0.272. The highest BCUT2D eigenvalue weighted by Gasteiger charge is 2.15. The van der Waals surface area contributed by atoms with Gasteiger partial charge in [0.25, 0.3) is 0 Å². The Morgan fingerprint density at radius 2 is 1.93 bits per heavy atom. The number of hydrogen-bond acceptors (Lipinski definition) is 4. The van der Waals surface area contributed by atoms with Crippen molar-refractivity contribution < 1.29 is 14.7 Å². The Hall–Kier alpha value is -0.970. The zero-order chi connectivity index (χ0) is 11.4. The minimum Gasteiger partial charge on any atom is -0.495 e. The van der Waals surface area contributed by atoms with Crippen LogP contribution >= 0.6 is 11.6 Å². The molecule has 0 aliphatic rings. The molecule has 1 aromatic carbocycles. The van der Waals surface area contributed by atoms with Gasteiger partial charge in [-0.25, -0.2) is 5.48 Å². The molecule has 2 N–H and O–H groups in total. The molecule has 0 spiro atoms. The summed E-state index contributed by atoms with van der Waals surface area (Å²) in [6, 6.07) is 1.85. The van der Waals surface area contributed by atoms with Crippen LogP contribution in [0.15, 0.2) is 6.07 Å². The summed E-state index contributed by atoms with van der Waals surface area (Å²) in [5, 5.41) is 9.09. The van der Waals surface area contributed by atoms with Crippen molar-refractivity contribution in [2.45, 2.75) is 13.5 Å². The lowest BCUT2D eigenvalue weighted by Crippen LogP contribution is -2.08. The molecule has 0 aliphatic carbocycles. The SMILES string of the molecule is COc1c(C)cc(CNO)c(OC)c1Cl. The molecular weight excluding hydrogens is 218 g/mol. The van der Waals surface area contributed by atoms with Crippen LogP contribution in [0.5, 0.6) is 11.5 Å². The summed E-state index contributed by atoms with van der Waals surface area (Å²) >= 11 is 6.10. The number of rotatable bonds is 4. The summed E-state index contributed by atoms with van der Waals surface area (Å²) in [6.07, 6.45) is 0. The van der Waals surface area contributed by atoms with Crippen LogP contribution in [0.3, 0.4) is 0 Å². The molecule has 0 bridgehead atoms. The molecule has 0 unspecified atom stereocenters. The van der Waals surface area contributed by atoms with E-state index >= 15 is 0 Å². The van der Waals surface area contributed by atoms with E-state index in [9.17, 15) is 0 Å². The molecule has 0 amide bonds. The van der Waals surface area contributed by atoms with Gasteiger partial charge < -0.3 is 14.7 Å². The average molecular weight is 232 g/mol. The smallest absolute Gasteiger partial charge is 0.145 e. The van der Waals surface area contributed by atoms with Crippen molar-refractivity contribution >= 4 is 11.6 Å². The number of aryl methyl sites for hydroxylation is 1. The summed E-state index contributed by atoms with van der Waals surface area (Å²) in [7, 11) is 3.08. The van der Waals surface area contributed by atoms with Gasteiger partial charge in [0.05, 0.1) is 14.2 Å². The minimum absolute atomic E-state index is 0.272. The van der Waals surface area contributed by atoms with Gasteiger partial charge in [0, 0.05) is 12.1 Å². The Balaban J connectivity index is 3.30. The third-order valence-corrected chi connectivity index (χ3v) is 2.46. The van der Waals surface area contributed by atoms with E-state index in [1.165, 1.54) is 7.11 Å². The van der Waals surface area contributed by atoms with E-state index in [2.05, 4.69) is 5.48 Å². The zero-order valence-corrected chi connectivity index (χ0v) is 9.68. The van der Waals surface area contributed by atoms with Gasteiger partial charge in [0.2, 0.25) is 0 Å². The summed E-state index contributed by atoms with van der Waals surface area (Å²) in [4.78, 5) is 0. The Bertz CT molecular complexity index is 355. The Morgan fingerprint density at radius 1 is 1.33 bits per heavy atom. The maximum atomic E-state index is 8.67. The van der Waals surface area contributed by atoms with Crippen molar-refractivity contribution in [1.82, 2.24) is 5.48 Å². The van der Waals surface area contributed by atoms with Gasteiger partial charge in [-0.05, 0) is 18.6 Å². The van der Waals surface area contributed by atoms with E-state index in [4.69, 9.17) is 26.3 Å². The molecule has 5 heteroatoms. The first-order chi connectivity index (χ1) is 7.15. The first-order valence-corrected chi connectivity index (χ1v) is 4.80. The second-order valence-electron chi connectivity index (χ2n) is 3.07. The van der Waals surface area contributed by atoms with E-state index in [-0.39, 0.29) is 6.54 Å². The van der Waals surface area contributed by atoms with Crippen LogP contribution in [0.1, 0.15) is 11.1 Å². The fourth-order valence-corrected chi connectivity index (χ4v) is 1.92. The predicted molar refractivity (Wildman–Crippen MR) is 57.9 cm³/mol. The molecule has 0 saturated heterocycles. The Labute approximate surface area is 93.7 Å². The lowest BCUT2D eigenvalue weighted by Gasteiger charge is -2.15. The van der Waals surface area contributed by atoms with Crippen LogP contribution in [0.2, 0.25) is 5.02 Å². The van der Waals surface area contributed by atoms with E-state index in [1.54, 1.807) is 7.11 Å². The normalized spacial score (nSPS) is 10.2. The van der Waals surface area contributed by atoms with Crippen molar-refractivity contribution in [3.63, 3.8) is 0 Å². The lowest BCUT2D eigenvalue weighted by molar-refractivity contribution is 0.160. The quantitative estimate of drug-likeness (QED) is 0.780. The Kier molecular flexibility index (Phi) is 4.20. The second kappa shape index (κ2) is 5.21. The summed E-state index contributed by atoms with van der Waals surface area (Å²) in [5.74, 6) is 1.11. The van der Waals surface area contributed by atoms with E-state index in [0.29, 0.717) is 16.5 Å². The van der Waals surface area contributed by atoms with Crippen LogP contribution in [0.4, 0.5) is 0 Å². The molecule has 84 valence electrons. The van der Waals surface area contributed by atoms with Gasteiger partial charge in [-0.3, -0.25) is 0 Å². The lowest BCUT2D eigenvalue weighted by atomic mass is 10.1. The second-order valence-corrected chi connectivity index (χ2v) is 3.45. The molecule has 0 fully saturated rings. The highest BCUT2D eigenvalue weighted by atomic mass is 35.5. The van der Waals surface area contributed by atoms with Crippen molar-refractivity contribution in [2.75, 3.05) is 14.2 Å². The molecule has 0 saturated carbocycles. The van der Waals surface area contributed by atoms with Crippen molar-refractivity contribution in [1.29, 1.82) is 0 Å². The van der Waals surface area contributed by atoms with Crippen LogP contribution in [0.25, 0.3) is 0 Å². The maximum Gasteiger partial charge on any atom is 0.145 e. The van der Waals surface area contributed by atoms with Crippen molar-refractivity contribution in [3.8, 4) is 11.5 Å². The third-order valence-electron chi connectivity index (χ3n) is 2.12. The molecule has 0 aliphatic heterocycles. The monoisotopic (exact) mass is 231 g/mol. The zero-order valence-electron chi connectivity index (χ0n) is 8.93. The van der Waals surface area contributed by atoms with Gasteiger partial charge in [0.1, 0.15) is 16.5 Å². The van der Waals surface area contributed by atoms with Gasteiger partial charge in [0.15, 0.2) is 0 Å². The molecule has 0 heterocycles. The van der Waals surface area contributed by atoms with Gasteiger partial charge in [-0.1, -0.05) is 11.6 Å². The first kappa shape index (κ1) is 12.1. The Morgan fingerprint density at radius 3 is 2.40 bits per heavy atom.